The molecule has 176 valence electrons. The Hall–Kier alpha value is -1.66. The van der Waals surface area contributed by atoms with E-state index in [1.807, 2.05) is 0 Å². The average Bonchev–Trinajstić information content (AvgIpc) is 2.95. The number of carbonyl (C=O) groups is 1. The summed E-state index contributed by atoms with van der Waals surface area (Å²) >= 11 is 0. The minimum absolute atomic E-state index is 0.133. The topological polar surface area (TPSA) is 97.0 Å². The van der Waals surface area contributed by atoms with Crippen molar-refractivity contribution in [3.63, 3.8) is 0 Å². The molecule has 4 aliphatic rings. The van der Waals surface area contributed by atoms with Crippen molar-refractivity contribution in [2.45, 2.75) is 95.9 Å². The van der Waals surface area contributed by atoms with E-state index in [4.69, 9.17) is 9.15 Å². The normalized spacial score (nSPS) is 47.8. The first kappa shape index (κ1) is 22.1. The third-order valence-electron chi connectivity index (χ3n) is 10.2. The molecule has 5 rings (SSSR count). The smallest absolute Gasteiger partial charge is 0.335 e. The summed E-state index contributed by atoms with van der Waals surface area (Å²) in [5.74, 6) is 0.469. The summed E-state index contributed by atoms with van der Waals surface area (Å²) in [6.45, 7) is 5.94. The molecule has 0 bridgehead atoms. The van der Waals surface area contributed by atoms with Gasteiger partial charge in [-0.2, -0.15) is 0 Å². The highest BCUT2D eigenvalue weighted by Crippen LogP contribution is 2.70. The number of ether oxygens (including phenoxy) is 1. The van der Waals surface area contributed by atoms with Crippen LogP contribution in [0.15, 0.2) is 27.6 Å². The van der Waals surface area contributed by atoms with Gasteiger partial charge in [-0.1, -0.05) is 13.8 Å². The second-order valence-corrected chi connectivity index (χ2v) is 11.5. The van der Waals surface area contributed by atoms with Gasteiger partial charge in [-0.15, -0.1) is 0 Å². The van der Waals surface area contributed by atoms with E-state index in [2.05, 4.69) is 13.8 Å². The van der Waals surface area contributed by atoms with Gasteiger partial charge < -0.3 is 19.4 Å². The maximum Gasteiger partial charge on any atom is 0.335 e. The molecule has 6 heteroatoms. The van der Waals surface area contributed by atoms with Crippen molar-refractivity contribution < 1.29 is 24.2 Å². The van der Waals surface area contributed by atoms with E-state index in [0.29, 0.717) is 18.3 Å². The zero-order valence-electron chi connectivity index (χ0n) is 19.4. The molecular weight excluding hydrogens is 408 g/mol. The van der Waals surface area contributed by atoms with Crippen molar-refractivity contribution in [1.82, 2.24) is 0 Å². The summed E-state index contributed by atoms with van der Waals surface area (Å²) < 4.78 is 11.0. The van der Waals surface area contributed by atoms with Gasteiger partial charge >= 0.3 is 11.6 Å². The van der Waals surface area contributed by atoms with Crippen LogP contribution in [-0.4, -0.2) is 34.0 Å². The minimum Gasteiger partial charge on any atom is -0.462 e. The fourth-order valence-corrected chi connectivity index (χ4v) is 8.67. The lowest BCUT2D eigenvalue weighted by atomic mass is 9.43. The largest absolute Gasteiger partial charge is 0.462 e. The molecule has 9 atom stereocenters. The minimum atomic E-state index is -0.957. The van der Waals surface area contributed by atoms with Crippen LogP contribution >= 0.6 is 0 Å². The van der Waals surface area contributed by atoms with E-state index in [-0.39, 0.29) is 29.3 Å². The molecule has 0 saturated heterocycles. The predicted octanol–water partition coefficient (Wildman–Crippen LogP) is 3.78. The lowest BCUT2D eigenvalue weighted by Gasteiger charge is -2.63. The lowest BCUT2D eigenvalue weighted by Crippen LogP contribution is -2.62. The molecule has 0 aromatic carbocycles. The molecule has 1 aromatic rings. The van der Waals surface area contributed by atoms with Crippen molar-refractivity contribution >= 4 is 5.97 Å². The Bertz CT molecular complexity index is 935. The van der Waals surface area contributed by atoms with Crippen molar-refractivity contribution in [2.75, 3.05) is 0 Å². The molecule has 0 spiro atoms. The zero-order valence-corrected chi connectivity index (χ0v) is 19.4. The molecule has 4 aliphatic carbocycles. The number of fused-ring (bicyclic) bond motifs is 5. The first-order valence-electron chi connectivity index (χ1n) is 12.2. The number of hydrogen-bond donors (Lipinski definition) is 2. The highest BCUT2D eigenvalue weighted by molar-refractivity contribution is 5.66. The third-order valence-corrected chi connectivity index (χ3v) is 10.2. The van der Waals surface area contributed by atoms with E-state index >= 15 is 0 Å². The molecule has 1 aromatic heterocycles. The Kier molecular flexibility index (Phi) is 5.14. The number of aliphatic hydroxyl groups excluding tert-OH is 1. The molecular formula is C26H36O6. The standard InChI is InChI=1S/C26H36O6/c1-15(27)32-21-13-26(30)20-6-5-17-12-18(28)8-10-24(17,2)19(20)9-11-25(26,3)23(21)16-4-7-22(29)31-14-16/h4,7,14,17-21,23,28,30H,5-6,8-13H2,1-3H3/t17-,18+,19+,20-,21-,23+,24+,25-,26+/m1/s1. The lowest BCUT2D eigenvalue weighted by molar-refractivity contribution is -0.205. The Morgan fingerprint density at radius 1 is 1.12 bits per heavy atom. The van der Waals surface area contributed by atoms with Crippen molar-refractivity contribution in [3.8, 4) is 0 Å². The van der Waals surface area contributed by atoms with Gasteiger partial charge in [0.05, 0.1) is 18.0 Å². The van der Waals surface area contributed by atoms with E-state index < -0.39 is 22.7 Å². The van der Waals surface area contributed by atoms with Gasteiger partial charge in [-0.25, -0.2) is 4.79 Å². The molecule has 0 aliphatic heterocycles. The number of aliphatic hydroxyl groups is 2. The Morgan fingerprint density at radius 2 is 1.91 bits per heavy atom. The maximum atomic E-state index is 12.5. The molecule has 0 amide bonds. The van der Waals surface area contributed by atoms with Crippen LogP contribution in [-0.2, 0) is 9.53 Å². The first-order valence-corrected chi connectivity index (χ1v) is 12.2. The van der Waals surface area contributed by atoms with Crippen LogP contribution in [0.25, 0.3) is 0 Å². The van der Waals surface area contributed by atoms with Gasteiger partial charge in [0, 0.05) is 30.7 Å². The van der Waals surface area contributed by atoms with Gasteiger partial charge in [0.2, 0.25) is 0 Å². The van der Waals surface area contributed by atoms with Crippen LogP contribution in [0.2, 0.25) is 0 Å². The van der Waals surface area contributed by atoms with E-state index in [1.165, 1.54) is 19.3 Å². The molecule has 1 heterocycles. The second-order valence-electron chi connectivity index (χ2n) is 11.5. The highest BCUT2D eigenvalue weighted by Gasteiger charge is 2.70. The summed E-state index contributed by atoms with van der Waals surface area (Å²) in [7, 11) is 0. The molecule has 4 fully saturated rings. The van der Waals surface area contributed by atoms with Crippen LogP contribution in [0.5, 0.6) is 0 Å². The maximum absolute atomic E-state index is 12.5. The Labute approximate surface area is 189 Å². The van der Waals surface area contributed by atoms with E-state index in [1.54, 1.807) is 6.07 Å². The monoisotopic (exact) mass is 444 g/mol. The van der Waals surface area contributed by atoms with Crippen molar-refractivity contribution in [1.29, 1.82) is 0 Å². The van der Waals surface area contributed by atoms with Crippen molar-refractivity contribution in [2.24, 2.45) is 28.6 Å². The van der Waals surface area contributed by atoms with Crippen LogP contribution in [0, 0.1) is 28.6 Å². The molecule has 0 radical (unpaired) electrons. The summed E-state index contributed by atoms with van der Waals surface area (Å²) in [6.07, 6.45) is 7.78. The van der Waals surface area contributed by atoms with Gasteiger partial charge in [-0.3, -0.25) is 4.79 Å². The molecule has 2 N–H and O–H groups in total. The third kappa shape index (κ3) is 3.05. The Morgan fingerprint density at radius 3 is 2.59 bits per heavy atom. The van der Waals surface area contributed by atoms with Gasteiger partial charge in [0.1, 0.15) is 6.10 Å². The highest BCUT2D eigenvalue weighted by atomic mass is 16.5. The average molecular weight is 445 g/mol. The molecule has 4 saturated carbocycles. The molecule has 0 unspecified atom stereocenters. The number of rotatable bonds is 2. The first-order chi connectivity index (χ1) is 15.1. The number of hydrogen-bond acceptors (Lipinski definition) is 6. The molecule has 32 heavy (non-hydrogen) atoms. The summed E-state index contributed by atoms with van der Waals surface area (Å²) in [5.41, 5.74) is -0.903. The summed E-state index contributed by atoms with van der Waals surface area (Å²) in [6, 6.07) is 3.17. The fourth-order valence-electron chi connectivity index (χ4n) is 8.67. The Balaban J connectivity index is 1.55. The number of carbonyl (C=O) groups excluding carboxylic acids is 1. The predicted molar refractivity (Wildman–Crippen MR) is 118 cm³/mol. The number of esters is 1. The van der Waals surface area contributed by atoms with Gasteiger partial charge in [0.25, 0.3) is 0 Å². The van der Waals surface area contributed by atoms with Crippen molar-refractivity contribution in [3.05, 3.63) is 34.4 Å². The summed E-state index contributed by atoms with van der Waals surface area (Å²) in [5, 5.41) is 22.7. The van der Waals surface area contributed by atoms with Crippen LogP contribution in [0.4, 0.5) is 0 Å². The SMILES string of the molecule is CC(=O)O[C@@H]1C[C@]2(O)[C@@H]3CC[C@@H]4C[C@@H](O)CC[C@]4(C)[C@H]3CC[C@]2(C)[C@H]1c1ccc(=O)oc1. The zero-order chi connectivity index (χ0) is 22.9. The second kappa shape index (κ2) is 7.42. The fraction of sp³-hybridized carbons (Fsp3) is 0.769. The van der Waals surface area contributed by atoms with E-state index in [0.717, 1.165) is 50.5 Å². The van der Waals surface area contributed by atoms with Gasteiger partial charge in [-0.05, 0) is 79.7 Å². The van der Waals surface area contributed by atoms with Gasteiger partial charge in [0.15, 0.2) is 0 Å². The quantitative estimate of drug-likeness (QED) is 0.674. The summed E-state index contributed by atoms with van der Waals surface area (Å²) in [4.78, 5) is 23.6. The molecule has 6 nitrogen and oxygen atoms in total. The van der Waals surface area contributed by atoms with Crippen LogP contribution in [0.3, 0.4) is 0 Å². The van der Waals surface area contributed by atoms with Crippen LogP contribution < -0.4 is 5.63 Å². The van der Waals surface area contributed by atoms with Crippen LogP contribution in [0.1, 0.15) is 83.6 Å². The van der Waals surface area contributed by atoms with E-state index in [9.17, 15) is 19.8 Å².